The molecule has 0 bridgehead atoms. The first-order valence-electron chi connectivity index (χ1n) is 10.8. The first-order valence-corrected chi connectivity index (χ1v) is 11.2. The molecular weight excluding hydrogens is 414 g/mol. The van der Waals surface area contributed by atoms with E-state index in [4.69, 9.17) is 21.1 Å². The maximum atomic E-state index is 13.0. The van der Waals surface area contributed by atoms with E-state index in [0.717, 1.165) is 38.5 Å². The lowest BCUT2D eigenvalue weighted by molar-refractivity contribution is -0.157. The average Bonchev–Trinajstić information content (AvgIpc) is 2.97. The van der Waals surface area contributed by atoms with Gasteiger partial charge in [-0.2, -0.15) is 8.78 Å². The van der Waals surface area contributed by atoms with E-state index >= 15 is 0 Å². The van der Waals surface area contributed by atoms with Crippen molar-refractivity contribution in [3.05, 3.63) is 23.5 Å². The van der Waals surface area contributed by atoms with Crippen LogP contribution in [-0.2, 0) is 19.1 Å². The highest BCUT2D eigenvalue weighted by Gasteiger charge is 2.59. The van der Waals surface area contributed by atoms with Crippen LogP contribution in [0.2, 0.25) is 0 Å². The number of allylic oxidation sites excluding steroid dienone is 3. The number of carbonyl (C=O) groups excluding carboxylic acids is 2. The van der Waals surface area contributed by atoms with Crippen LogP contribution in [0.5, 0.6) is 0 Å². The molecule has 4 aliphatic rings. The van der Waals surface area contributed by atoms with Crippen molar-refractivity contribution in [3.63, 3.8) is 0 Å². The summed E-state index contributed by atoms with van der Waals surface area (Å²) in [6.07, 6.45) is 10.1. The summed E-state index contributed by atoms with van der Waals surface area (Å²) in [5, 5.41) is -4.02. The Bertz CT molecular complexity index is 817. The Balaban J connectivity index is 1.52. The Morgan fingerprint density at radius 1 is 1.17 bits per heavy atom. The monoisotopic (exact) mass is 442 g/mol. The van der Waals surface area contributed by atoms with Crippen LogP contribution in [0.1, 0.15) is 65.7 Å². The van der Waals surface area contributed by atoms with Gasteiger partial charge in [0.15, 0.2) is 0 Å². The zero-order valence-electron chi connectivity index (χ0n) is 17.7. The van der Waals surface area contributed by atoms with Gasteiger partial charge in [-0.3, -0.25) is 4.79 Å². The van der Waals surface area contributed by atoms with Crippen molar-refractivity contribution in [2.75, 3.05) is 0 Å². The third kappa shape index (κ3) is 3.49. The minimum atomic E-state index is -4.02. The molecule has 0 saturated heterocycles. The molecule has 3 fully saturated rings. The van der Waals surface area contributed by atoms with Crippen LogP contribution in [0, 0.1) is 28.6 Å². The summed E-state index contributed by atoms with van der Waals surface area (Å²) in [5.41, 5.74) is 1.13. The number of hydrogen-bond donors (Lipinski definition) is 0. The van der Waals surface area contributed by atoms with E-state index in [-0.39, 0.29) is 28.7 Å². The van der Waals surface area contributed by atoms with Gasteiger partial charge in [-0.1, -0.05) is 19.4 Å². The summed E-state index contributed by atoms with van der Waals surface area (Å²) in [6, 6.07) is 0. The lowest BCUT2D eigenvalue weighted by Gasteiger charge is -2.57. The molecule has 4 nitrogen and oxygen atoms in total. The predicted molar refractivity (Wildman–Crippen MR) is 108 cm³/mol. The molecule has 166 valence electrons. The van der Waals surface area contributed by atoms with Gasteiger partial charge in [0.2, 0.25) is 0 Å². The Kier molecular flexibility index (Phi) is 5.32. The molecule has 0 heterocycles. The van der Waals surface area contributed by atoms with Gasteiger partial charge in [-0.25, -0.2) is 4.79 Å². The van der Waals surface area contributed by atoms with Crippen LogP contribution in [0.25, 0.3) is 0 Å². The molecule has 4 rings (SSSR count). The average molecular weight is 443 g/mol. The summed E-state index contributed by atoms with van der Waals surface area (Å²) >= 11 is 4.78. The molecule has 6 atom stereocenters. The second kappa shape index (κ2) is 7.32. The van der Waals surface area contributed by atoms with Crippen LogP contribution in [-0.4, -0.2) is 23.4 Å². The summed E-state index contributed by atoms with van der Waals surface area (Å²) in [5.74, 6) is -0.210. The highest BCUT2D eigenvalue weighted by atomic mass is 35.5. The number of ether oxygens (including phenoxy) is 2. The van der Waals surface area contributed by atoms with Crippen molar-refractivity contribution >= 4 is 23.5 Å². The third-order valence-corrected chi connectivity index (χ3v) is 8.60. The van der Waals surface area contributed by atoms with E-state index in [1.54, 1.807) is 12.2 Å². The fourth-order valence-electron chi connectivity index (χ4n) is 6.97. The smallest absolute Gasteiger partial charge is 0.418 e. The highest BCUT2D eigenvalue weighted by molar-refractivity contribution is 6.31. The zero-order chi connectivity index (χ0) is 21.9. The van der Waals surface area contributed by atoms with Gasteiger partial charge < -0.3 is 9.47 Å². The second-order valence-corrected chi connectivity index (χ2v) is 10.4. The summed E-state index contributed by atoms with van der Waals surface area (Å²) in [6.45, 7) is 6.02. The van der Waals surface area contributed by atoms with Gasteiger partial charge in [0, 0.05) is 12.3 Å². The van der Waals surface area contributed by atoms with E-state index in [1.807, 2.05) is 0 Å². The Morgan fingerprint density at radius 3 is 2.57 bits per heavy atom. The van der Waals surface area contributed by atoms with Crippen LogP contribution in [0.4, 0.5) is 8.78 Å². The maximum Gasteiger partial charge on any atom is 0.418 e. The normalized spacial score (nSPS) is 40.3. The van der Waals surface area contributed by atoms with E-state index in [2.05, 4.69) is 13.8 Å². The molecule has 30 heavy (non-hydrogen) atoms. The fourth-order valence-corrected chi connectivity index (χ4v) is 7.01. The quantitative estimate of drug-likeness (QED) is 0.412. The van der Waals surface area contributed by atoms with Gasteiger partial charge in [0.1, 0.15) is 11.9 Å². The number of fused-ring (bicyclic) bond motifs is 5. The largest absolute Gasteiger partial charge is 0.462 e. The van der Waals surface area contributed by atoms with Crippen LogP contribution >= 0.6 is 11.6 Å². The third-order valence-electron chi connectivity index (χ3n) is 8.44. The summed E-state index contributed by atoms with van der Waals surface area (Å²) < 4.78 is 36.5. The molecule has 0 amide bonds. The minimum Gasteiger partial charge on any atom is -0.462 e. The van der Waals surface area contributed by atoms with Crippen molar-refractivity contribution in [2.45, 2.75) is 77.2 Å². The topological polar surface area (TPSA) is 52.6 Å². The molecule has 3 unspecified atom stereocenters. The van der Waals surface area contributed by atoms with Gasteiger partial charge in [-0.05, 0) is 91.9 Å². The second-order valence-electron chi connectivity index (χ2n) is 9.92. The predicted octanol–water partition coefficient (Wildman–Crippen LogP) is 5.75. The van der Waals surface area contributed by atoms with Crippen molar-refractivity contribution in [1.82, 2.24) is 0 Å². The standard InChI is InChI=1S/C23H29ClF2O4/c1-13(27)29-19-7-6-17-16-5-4-14-12-15(30-20(28)23(24,25)26)8-10-21(14,2)18(16)9-11-22(17,19)3/h8,12,16-19H,4-7,9-11H2,1-3H3/t16?,17?,18?,19-,21-,22-/m0/s1. The molecule has 0 aromatic rings. The molecule has 0 spiro atoms. The van der Waals surface area contributed by atoms with Gasteiger partial charge in [0.05, 0.1) is 0 Å². The highest BCUT2D eigenvalue weighted by Crippen LogP contribution is 2.65. The van der Waals surface area contributed by atoms with Crippen LogP contribution < -0.4 is 0 Å². The minimum absolute atomic E-state index is 0.000169. The molecule has 0 aromatic carbocycles. The molecule has 0 aliphatic heterocycles. The van der Waals surface area contributed by atoms with Crippen LogP contribution in [0.3, 0.4) is 0 Å². The SMILES string of the molecule is CC(=O)O[C@H]1CCC2C3CCC4=CC(OC(=O)C(F)(F)Cl)=CC[C@]4(C)C3CC[C@@]21C. The van der Waals surface area contributed by atoms with Gasteiger partial charge in [-0.15, -0.1) is 0 Å². The van der Waals surface area contributed by atoms with Gasteiger partial charge in [0.25, 0.3) is 0 Å². The Labute approximate surface area is 181 Å². The number of rotatable bonds is 3. The molecule has 4 aliphatic carbocycles. The number of esters is 2. The van der Waals surface area contributed by atoms with E-state index in [1.165, 1.54) is 12.5 Å². The molecule has 3 saturated carbocycles. The number of hydrogen-bond acceptors (Lipinski definition) is 4. The molecular formula is C23H29ClF2O4. The number of carbonyl (C=O) groups is 2. The van der Waals surface area contributed by atoms with Crippen LogP contribution in [0.15, 0.2) is 23.5 Å². The Morgan fingerprint density at radius 2 is 1.90 bits per heavy atom. The maximum absolute atomic E-state index is 13.0. The van der Waals surface area contributed by atoms with E-state index in [0.29, 0.717) is 24.2 Å². The Hall–Kier alpha value is -1.43. The summed E-state index contributed by atoms with van der Waals surface area (Å²) in [4.78, 5) is 23.0. The molecule has 0 radical (unpaired) electrons. The fraction of sp³-hybridized carbons (Fsp3) is 0.739. The zero-order valence-corrected chi connectivity index (χ0v) is 18.4. The molecule has 0 N–H and O–H groups in total. The van der Waals surface area contributed by atoms with Crippen molar-refractivity contribution in [1.29, 1.82) is 0 Å². The van der Waals surface area contributed by atoms with Crippen molar-refractivity contribution in [3.8, 4) is 0 Å². The van der Waals surface area contributed by atoms with E-state index < -0.39 is 11.4 Å². The van der Waals surface area contributed by atoms with Gasteiger partial charge >= 0.3 is 17.3 Å². The number of alkyl halides is 3. The lowest BCUT2D eigenvalue weighted by atomic mass is 9.48. The van der Waals surface area contributed by atoms with E-state index in [9.17, 15) is 18.4 Å². The number of halogens is 3. The first kappa shape index (κ1) is 21.8. The molecule has 7 heteroatoms. The summed E-state index contributed by atoms with van der Waals surface area (Å²) in [7, 11) is 0. The lowest BCUT2D eigenvalue weighted by Crippen LogP contribution is -2.51. The molecule has 0 aromatic heterocycles. The first-order chi connectivity index (χ1) is 13.9. The van der Waals surface area contributed by atoms with Crippen molar-refractivity contribution < 1.29 is 27.8 Å². The van der Waals surface area contributed by atoms with Crippen molar-refractivity contribution in [2.24, 2.45) is 28.6 Å².